The van der Waals surface area contributed by atoms with Gasteiger partial charge in [-0.15, -0.1) is 11.6 Å². The normalized spacial score (nSPS) is 20.8. The van der Waals surface area contributed by atoms with Crippen LogP contribution in [-0.2, 0) is 14.6 Å². The second kappa shape index (κ2) is 16.1. The lowest BCUT2D eigenvalue weighted by atomic mass is 10.0. The van der Waals surface area contributed by atoms with Crippen LogP contribution in [0.2, 0.25) is 0 Å². The molecule has 0 bridgehead atoms. The van der Waals surface area contributed by atoms with Crippen LogP contribution in [0.15, 0.2) is 83.3 Å². The smallest absolute Gasteiger partial charge is 0.220 e. The van der Waals surface area contributed by atoms with Crippen LogP contribution < -0.4 is 11.1 Å². The zero-order valence-corrected chi connectivity index (χ0v) is 23.9. The Morgan fingerprint density at radius 3 is 2.68 bits per heavy atom. The average Bonchev–Trinajstić information content (AvgIpc) is 2.83. The Kier molecular flexibility index (Phi) is 13.6. The molecule has 2 aliphatic rings. The molecule has 0 spiro atoms. The molecular weight excluding hydrogens is 526 g/mol. The van der Waals surface area contributed by atoms with Crippen LogP contribution >= 0.6 is 23.4 Å². The van der Waals surface area contributed by atoms with E-state index in [1.165, 1.54) is 11.8 Å². The van der Waals surface area contributed by atoms with E-state index in [1.54, 1.807) is 6.08 Å². The number of sulfone groups is 1. The SMILES string of the molecule is C=C/C=C\C=C/CCC(CC(=C)CN1CCS(=O)(=O)CC1)NC(=O)CCC(=C)SC1=C(N)C=CC(Cl)C1. The average molecular weight is 566 g/mol. The highest BCUT2D eigenvalue weighted by Crippen LogP contribution is 2.35. The maximum Gasteiger partial charge on any atom is 0.220 e. The third kappa shape index (κ3) is 12.9. The molecule has 0 aromatic rings. The summed E-state index contributed by atoms with van der Waals surface area (Å²) < 4.78 is 23.4. The predicted octanol–water partition coefficient (Wildman–Crippen LogP) is 4.99. The number of thioether (sulfide) groups is 1. The van der Waals surface area contributed by atoms with Gasteiger partial charge in [0, 0.05) is 49.1 Å². The minimum Gasteiger partial charge on any atom is -0.398 e. The molecule has 1 heterocycles. The molecule has 1 amide bonds. The number of carbonyl (C=O) groups is 1. The van der Waals surface area contributed by atoms with Gasteiger partial charge in [0.15, 0.2) is 9.84 Å². The van der Waals surface area contributed by atoms with Gasteiger partial charge in [0.1, 0.15) is 0 Å². The lowest BCUT2D eigenvalue weighted by molar-refractivity contribution is -0.121. The van der Waals surface area contributed by atoms with Gasteiger partial charge in [-0.05, 0) is 36.7 Å². The molecular formula is C28H40ClN3O3S2. The summed E-state index contributed by atoms with van der Waals surface area (Å²) >= 11 is 7.71. The standard InChI is InChI=1S/C28H40ClN3O3S2/c1-4-5-6-7-8-9-10-25(19-22(2)21-32-15-17-37(34,35)18-16-32)31-28(33)14-11-23(3)36-27-20-24(29)12-13-26(27)30/h4-8,12-13,24-25H,1-3,9-11,14-21,30H2,(H,31,33)/b6-5-,8-7-. The second-order valence-corrected chi connectivity index (χ2v) is 13.5. The number of allylic oxidation sites excluding steroid dienone is 9. The Morgan fingerprint density at radius 1 is 1.24 bits per heavy atom. The molecule has 0 radical (unpaired) electrons. The quantitative estimate of drug-likeness (QED) is 0.165. The van der Waals surface area contributed by atoms with E-state index in [0.29, 0.717) is 51.0 Å². The van der Waals surface area contributed by atoms with E-state index in [2.05, 4.69) is 36.0 Å². The van der Waals surface area contributed by atoms with E-state index in [0.717, 1.165) is 28.2 Å². The minimum atomic E-state index is -2.92. The first-order valence-electron chi connectivity index (χ1n) is 12.6. The molecule has 9 heteroatoms. The molecule has 1 fully saturated rings. The molecule has 204 valence electrons. The molecule has 1 aliphatic heterocycles. The van der Waals surface area contributed by atoms with Crippen molar-refractivity contribution in [3.8, 4) is 0 Å². The van der Waals surface area contributed by atoms with Gasteiger partial charge in [-0.1, -0.05) is 73.5 Å². The van der Waals surface area contributed by atoms with E-state index in [-0.39, 0.29) is 28.8 Å². The number of hydrogen-bond donors (Lipinski definition) is 2. The summed E-state index contributed by atoms with van der Waals surface area (Å²) in [5, 5.41) is 3.10. The Balaban J connectivity index is 1.86. The number of halogens is 1. The maximum atomic E-state index is 12.8. The van der Waals surface area contributed by atoms with Gasteiger partial charge in [0.05, 0.1) is 16.9 Å². The fraction of sp³-hybridized carbons (Fsp3) is 0.464. The summed E-state index contributed by atoms with van der Waals surface area (Å²) in [6.45, 7) is 13.7. The summed E-state index contributed by atoms with van der Waals surface area (Å²) in [5.41, 5.74) is 7.75. The third-order valence-corrected chi connectivity index (χ3v) is 9.10. The van der Waals surface area contributed by atoms with Crippen molar-refractivity contribution < 1.29 is 13.2 Å². The van der Waals surface area contributed by atoms with Crippen LogP contribution in [-0.4, -0.2) is 61.8 Å². The lowest BCUT2D eigenvalue weighted by Gasteiger charge is -2.28. The highest BCUT2D eigenvalue weighted by atomic mass is 35.5. The van der Waals surface area contributed by atoms with Gasteiger partial charge in [-0.2, -0.15) is 0 Å². The number of carbonyl (C=O) groups excluding carboxylic acids is 1. The van der Waals surface area contributed by atoms with Crippen molar-refractivity contribution >= 4 is 39.1 Å². The molecule has 2 atom stereocenters. The molecule has 37 heavy (non-hydrogen) atoms. The number of amides is 1. The van der Waals surface area contributed by atoms with Crippen molar-refractivity contribution in [1.29, 1.82) is 0 Å². The molecule has 0 aromatic carbocycles. The van der Waals surface area contributed by atoms with E-state index < -0.39 is 9.84 Å². The third-order valence-electron chi connectivity index (χ3n) is 6.05. The van der Waals surface area contributed by atoms with Crippen LogP contribution in [0.3, 0.4) is 0 Å². The van der Waals surface area contributed by atoms with Gasteiger partial charge < -0.3 is 11.1 Å². The maximum absolute atomic E-state index is 12.8. The molecule has 2 rings (SSSR count). The van der Waals surface area contributed by atoms with Crippen LogP contribution in [0.4, 0.5) is 0 Å². The molecule has 2 unspecified atom stereocenters. The predicted molar refractivity (Wildman–Crippen MR) is 159 cm³/mol. The van der Waals surface area contributed by atoms with E-state index in [4.69, 9.17) is 17.3 Å². The largest absolute Gasteiger partial charge is 0.398 e. The van der Waals surface area contributed by atoms with Gasteiger partial charge in [-0.25, -0.2) is 8.42 Å². The number of nitrogens with one attached hydrogen (secondary N) is 1. The van der Waals surface area contributed by atoms with Crippen molar-refractivity contribution in [2.24, 2.45) is 5.73 Å². The fourth-order valence-electron chi connectivity index (χ4n) is 4.02. The first kappa shape index (κ1) is 31.2. The first-order valence-corrected chi connectivity index (χ1v) is 15.6. The van der Waals surface area contributed by atoms with Crippen LogP contribution in [0.1, 0.15) is 38.5 Å². The lowest BCUT2D eigenvalue weighted by Crippen LogP contribution is -2.42. The van der Waals surface area contributed by atoms with Gasteiger partial charge in [-0.3, -0.25) is 9.69 Å². The Labute approximate surface area is 232 Å². The van der Waals surface area contributed by atoms with E-state index >= 15 is 0 Å². The Bertz CT molecular complexity index is 1050. The number of hydrogen-bond acceptors (Lipinski definition) is 6. The Morgan fingerprint density at radius 2 is 1.97 bits per heavy atom. The number of rotatable bonds is 15. The minimum absolute atomic E-state index is 0.0279. The molecule has 6 nitrogen and oxygen atoms in total. The highest BCUT2D eigenvalue weighted by Gasteiger charge is 2.23. The van der Waals surface area contributed by atoms with Crippen molar-refractivity contribution in [3.63, 3.8) is 0 Å². The molecule has 0 saturated carbocycles. The summed E-state index contributed by atoms with van der Waals surface area (Å²) in [7, 11) is -2.92. The van der Waals surface area contributed by atoms with Crippen LogP contribution in [0, 0.1) is 0 Å². The topological polar surface area (TPSA) is 92.5 Å². The highest BCUT2D eigenvalue weighted by molar-refractivity contribution is 8.06. The van der Waals surface area contributed by atoms with E-state index in [9.17, 15) is 13.2 Å². The van der Waals surface area contributed by atoms with Crippen molar-refractivity contribution in [2.75, 3.05) is 31.1 Å². The van der Waals surface area contributed by atoms with Crippen molar-refractivity contribution in [1.82, 2.24) is 10.2 Å². The second-order valence-electron chi connectivity index (χ2n) is 9.37. The van der Waals surface area contributed by atoms with Crippen molar-refractivity contribution in [2.45, 2.75) is 49.9 Å². The van der Waals surface area contributed by atoms with E-state index in [1.807, 2.05) is 30.4 Å². The van der Waals surface area contributed by atoms with Gasteiger partial charge in [0.2, 0.25) is 5.91 Å². The summed E-state index contributed by atoms with van der Waals surface area (Å²) in [5.74, 6) is 0.353. The number of nitrogens with two attached hydrogens (primary N) is 1. The molecule has 3 N–H and O–H groups in total. The molecule has 1 saturated heterocycles. The van der Waals surface area contributed by atoms with Crippen molar-refractivity contribution in [3.05, 3.63) is 83.3 Å². The fourth-order valence-corrected chi connectivity index (χ4v) is 6.62. The first-order chi connectivity index (χ1) is 17.6. The zero-order chi connectivity index (χ0) is 27.3. The number of alkyl halides is 1. The molecule has 1 aliphatic carbocycles. The van der Waals surface area contributed by atoms with Crippen LogP contribution in [0.25, 0.3) is 0 Å². The zero-order valence-electron chi connectivity index (χ0n) is 21.5. The van der Waals surface area contributed by atoms with Gasteiger partial charge >= 0.3 is 0 Å². The van der Waals surface area contributed by atoms with Crippen LogP contribution in [0.5, 0.6) is 0 Å². The molecule has 0 aromatic heterocycles. The monoisotopic (exact) mass is 565 g/mol. The summed E-state index contributed by atoms with van der Waals surface area (Å²) in [4.78, 5) is 16.8. The summed E-state index contributed by atoms with van der Waals surface area (Å²) in [6.07, 6.45) is 17.0. The number of nitrogens with zero attached hydrogens (tertiary/aromatic N) is 1. The van der Waals surface area contributed by atoms with Gasteiger partial charge in [0.25, 0.3) is 0 Å². The summed E-state index contributed by atoms with van der Waals surface area (Å²) in [6, 6.07) is -0.0543. The Hall–Kier alpha value is -2.00.